The number of nitrogens with zero attached hydrogens (tertiary/aromatic N) is 2. The molecule has 5 heteroatoms. The average molecular weight is 362 g/mol. The molecule has 0 saturated carbocycles. The van der Waals surface area contributed by atoms with Crippen molar-refractivity contribution < 1.29 is 4.79 Å². The largest absolute Gasteiger partial charge is 0.350 e. The van der Waals surface area contributed by atoms with Crippen molar-refractivity contribution in [2.45, 2.75) is 13.5 Å². The third kappa shape index (κ3) is 4.04. The molecule has 0 unspecified atom stereocenters. The van der Waals surface area contributed by atoms with E-state index in [1.165, 1.54) is 5.56 Å². The van der Waals surface area contributed by atoms with Gasteiger partial charge in [0.1, 0.15) is 5.69 Å². The second-order valence-electron chi connectivity index (χ2n) is 7.46. The summed E-state index contributed by atoms with van der Waals surface area (Å²) in [5.41, 5.74) is 4.81. The number of rotatable bonds is 4. The molecule has 1 amide bonds. The first kappa shape index (κ1) is 17.8. The van der Waals surface area contributed by atoms with Crippen LogP contribution in [0.2, 0.25) is 0 Å². The van der Waals surface area contributed by atoms with Crippen LogP contribution in [-0.2, 0) is 6.54 Å². The molecular weight excluding hydrogens is 336 g/mol. The standard InChI is InChI=1S/C22H26N4O/c1-16-5-3-7-18-14-20(24-21(16)18)22(27)23-19-8-4-6-17(13-19)15-26-11-9-25(2)10-12-26/h3-8,13-14,24H,9-12,15H2,1-2H3,(H,23,27). The molecule has 1 saturated heterocycles. The summed E-state index contributed by atoms with van der Waals surface area (Å²) in [6, 6.07) is 16.1. The van der Waals surface area contributed by atoms with Crippen LogP contribution in [0.3, 0.4) is 0 Å². The molecular formula is C22H26N4O. The number of aryl methyl sites for hydroxylation is 1. The van der Waals surface area contributed by atoms with Gasteiger partial charge in [-0.2, -0.15) is 0 Å². The molecule has 0 aliphatic carbocycles. The smallest absolute Gasteiger partial charge is 0.272 e. The fraction of sp³-hybridized carbons (Fsp3) is 0.318. The predicted octanol–water partition coefficient (Wildman–Crippen LogP) is 3.48. The Morgan fingerprint density at radius 2 is 1.85 bits per heavy atom. The third-order valence-corrected chi connectivity index (χ3v) is 5.30. The zero-order valence-corrected chi connectivity index (χ0v) is 16.0. The van der Waals surface area contributed by atoms with E-state index < -0.39 is 0 Å². The van der Waals surface area contributed by atoms with Crippen molar-refractivity contribution in [1.82, 2.24) is 14.8 Å². The molecule has 0 radical (unpaired) electrons. The van der Waals surface area contributed by atoms with Crippen LogP contribution in [0, 0.1) is 6.92 Å². The van der Waals surface area contributed by atoms with Crippen molar-refractivity contribution in [2.75, 3.05) is 38.5 Å². The summed E-state index contributed by atoms with van der Waals surface area (Å²) in [6.07, 6.45) is 0. The normalized spacial score (nSPS) is 15.9. The Kier molecular flexibility index (Phi) is 4.97. The molecule has 5 nitrogen and oxygen atoms in total. The molecule has 1 aromatic heterocycles. The number of aromatic nitrogens is 1. The van der Waals surface area contributed by atoms with Crippen LogP contribution in [-0.4, -0.2) is 53.9 Å². The Hall–Kier alpha value is -2.63. The molecule has 0 bridgehead atoms. The van der Waals surface area contributed by atoms with E-state index in [1.54, 1.807) is 0 Å². The Morgan fingerprint density at radius 1 is 1.07 bits per heavy atom. The number of benzene rings is 2. The van der Waals surface area contributed by atoms with E-state index in [-0.39, 0.29) is 5.91 Å². The second kappa shape index (κ2) is 7.55. The van der Waals surface area contributed by atoms with Crippen LogP contribution in [0.5, 0.6) is 0 Å². The highest BCUT2D eigenvalue weighted by atomic mass is 16.1. The minimum Gasteiger partial charge on any atom is -0.350 e. The number of hydrogen-bond acceptors (Lipinski definition) is 3. The van der Waals surface area contributed by atoms with Crippen LogP contribution in [0.1, 0.15) is 21.6 Å². The number of carbonyl (C=O) groups excluding carboxylic acids is 1. The Labute approximate surface area is 160 Å². The lowest BCUT2D eigenvalue weighted by Gasteiger charge is -2.32. The summed E-state index contributed by atoms with van der Waals surface area (Å²) < 4.78 is 0. The molecule has 2 N–H and O–H groups in total. The molecule has 0 atom stereocenters. The average Bonchev–Trinajstić information content (AvgIpc) is 3.10. The molecule has 3 aromatic rings. The van der Waals surface area contributed by atoms with Gasteiger partial charge in [0.05, 0.1) is 0 Å². The van der Waals surface area contributed by atoms with Crippen LogP contribution >= 0.6 is 0 Å². The summed E-state index contributed by atoms with van der Waals surface area (Å²) in [5, 5.41) is 4.09. The zero-order valence-electron chi connectivity index (χ0n) is 16.0. The van der Waals surface area contributed by atoms with Crippen LogP contribution in [0.25, 0.3) is 10.9 Å². The molecule has 0 spiro atoms. The molecule has 1 fully saturated rings. The number of piperazine rings is 1. The fourth-order valence-electron chi connectivity index (χ4n) is 3.64. The van der Waals surface area contributed by atoms with Crippen molar-refractivity contribution in [3.8, 4) is 0 Å². The number of aromatic amines is 1. The van der Waals surface area contributed by atoms with Gasteiger partial charge in [-0.1, -0.05) is 30.3 Å². The van der Waals surface area contributed by atoms with Gasteiger partial charge in [0.2, 0.25) is 0 Å². The molecule has 2 aromatic carbocycles. The monoisotopic (exact) mass is 362 g/mol. The summed E-state index contributed by atoms with van der Waals surface area (Å²) in [7, 11) is 2.17. The lowest BCUT2D eigenvalue weighted by atomic mass is 10.1. The first-order chi connectivity index (χ1) is 13.1. The molecule has 1 aliphatic heterocycles. The number of anilines is 1. The van der Waals surface area contributed by atoms with Crippen molar-refractivity contribution in [2.24, 2.45) is 0 Å². The maximum Gasteiger partial charge on any atom is 0.272 e. The highest BCUT2D eigenvalue weighted by molar-refractivity contribution is 6.06. The number of hydrogen-bond donors (Lipinski definition) is 2. The third-order valence-electron chi connectivity index (χ3n) is 5.30. The summed E-state index contributed by atoms with van der Waals surface area (Å²) in [5.74, 6) is -0.109. The van der Waals surface area contributed by atoms with Crippen LogP contribution in [0.4, 0.5) is 5.69 Å². The molecule has 1 aliphatic rings. The van der Waals surface area contributed by atoms with E-state index in [4.69, 9.17) is 0 Å². The molecule has 4 rings (SSSR count). The molecule has 140 valence electrons. The van der Waals surface area contributed by atoms with E-state index >= 15 is 0 Å². The first-order valence-electron chi connectivity index (χ1n) is 9.48. The quantitative estimate of drug-likeness (QED) is 0.747. The molecule has 2 heterocycles. The van der Waals surface area contributed by atoms with E-state index in [1.807, 2.05) is 43.3 Å². The maximum absolute atomic E-state index is 12.7. The number of likely N-dealkylation sites (N-methyl/N-ethyl adjacent to an activating group) is 1. The van der Waals surface area contributed by atoms with E-state index in [0.717, 1.165) is 54.9 Å². The van der Waals surface area contributed by atoms with E-state index in [0.29, 0.717) is 5.69 Å². The highest BCUT2D eigenvalue weighted by Gasteiger charge is 2.15. The Bertz CT molecular complexity index is 954. The Balaban J connectivity index is 1.45. The van der Waals surface area contributed by atoms with Gasteiger partial charge < -0.3 is 15.2 Å². The van der Waals surface area contributed by atoms with Crippen molar-refractivity contribution in [3.63, 3.8) is 0 Å². The van der Waals surface area contributed by atoms with Gasteiger partial charge in [0, 0.05) is 49.3 Å². The van der Waals surface area contributed by atoms with Gasteiger partial charge >= 0.3 is 0 Å². The summed E-state index contributed by atoms with van der Waals surface area (Å²) in [4.78, 5) is 20.7. The van der Waals surface area contributed by atoms with Gasteiger partial charge in [-0.3, -0.25) is 9.69 Å². The first-order valence-corrected chi connectivity index (χ1v) is 9.48. The van der Waals surface area contributed by atoms with E-state index in [9.17, 15) is 4.79 Å². The maximum atomic E-state index is 12.7. The van der Waals surface area contributed by atoms with Crippen molar-refractivity contribution in [3.05, 3.63) is 65.4 Å². The zero-order chi connectivity index (χ0) is 18.8. The van der Waals surface area contributed by atoms with Gasteiger partial charge in [-0.15, -0.1) is 0 Å². The van der Waals surface area contributed by atoms with Crippen molar-refractivity contribution >= 4 is 22.5 Å². The number of nitrogens with one attached hydrogen (secondary N) is 2. The number of para-hydroxylation sites is 1. The predicted molar refractivity (Wildman–Crippen MR) is 110 cm³/mol. The van der Waals surface area contributed by atoms with Gasteiger partial charge in [0.25, 0.3) is 5.91 Å². The van der Waals surface area contributed by atoms with Gasteiger partial charge in [-0.25, -0.2) is 0 Å². The second-order valence-corrected chi connectivity index (χ2v) is 7.46. The van der Waals surface area contributed by atoms with Crippen molar-refractivity contribution in [1.29, 1.82) is 0 Å². The number of amides is 1. The highest BCUT2D eigenvalue weighted by Crippen LogP contribution is 2.20. The van der Waals surface area contributed by atoms with Crippen LogP contribution < -0.4 is 5.32 Å². The summed E-state index contributed by atoms with van der Waals surface area (Å²) in [6.45, 7) is 7.35. The Morgan fingerprint density at radius 3 is 2.63 bits per heavy atom. The summed E-state index contributed by atoms with van der Waals surface area (Å²) >= 11 is 0. The minimum atomic E-state index is -0.109. The molecule has 27 heavy (non-hydrogen) atoms. The fourth-order valence-corrected chi connectivity index (χ4v) is 3.64. The minimum absolute atomic E-state index is 0.109. The number of carbonyl (C=O) groups is 1. The van der Waals surface area contributed by atoms with Gasteiger partial charge in [-0.05, 0) is 43.3 Å². The van der Waals surface area contributed by atoms with E-state index in [2.05, 4.69) is 39.3 Å². The van der Waals surface area contributed by atoms with Crippen LogP contribution in [0.15, 0.2) is 48.5 Å². The number of H-pyrrole nitrogens is 1. The number of fused-ring (bicyclic) bond motifs is 1. The lowest BCUT2D eigenvalue weighted by Crippen LogP contribution is -2.43. The lowest BCUT2D eigenvalue weighted by molar-refractivity contribution is 0.102. The SMILES string of the molecule is Cc1cccc2cc(C(=O)Nc3cccc(CN4CCN(C)CC4)c3)[nH]c12. The topological polar surface area (TPSA) is 51.4 Å². The van der Waals surface area contributed by atoms with Gasteiger partial charge in [0.15, 0.2) is 0 Å².